The van der Waals surface area contributed by atoms with Crippen LogP contribution in [0.2, 0.25) is 0 Å². The number of hydrogen-bond donors (Lipinski definition) is 0. The molecule has 0 aliphatic carbocycles. The van der Waals surface area contributed by atoms with E-state index in [0.717, 1.165) is 30.5 Å². The fourth-order valence-electron chi connectivity index (χ4n) is 2.13. The first-order valence-corrected chi connectivity index (χ1v) is 8.15. The minimum absolute atomic E-state index is 0.0997. The summed E-state index contributed by atoms with van der Waals surface area (Å²) >= 11 is 4.98. The molecule has 2 amide bonds. The van der Waals surface area contributed by atoms with Gasteiger partial charge in [-0.05, 0) is 35.9 Å². The Morgan fingerprint density at radius 2 is 1.23 bits per heavy atom. The van der Waals surface area contributed by atoms with Gasteiger partial charge >= 0.3 is 12.4 Å². The molecular formula is C19H12ClF6NO3. The Morgan fingerprint density at radius 1 is 0.833 bits per heavy atom. The van der Waals surface area contributed by atoms with Crippen molar-refractivity contribution in [3.63, 3.8) is 0 Å². The predicted molar refractivity (Wildman–Crippen MR) is 95.5 cm³/mol. The average molecular weight is 452 g/mol. The number of rotatable bonds is 4. The number of alkyl halides is 6. The van der Waals surface area contributed by atoms with Gasteiger partial charge < -0.3 is 0 Å². The van der Waals surface area contributed by atoms with Gasteiger partial charge in [0.15, 0.2) is 0 Å². The van der Waals surface area contributed by atoms with Gasteiger partial charge in [-0.15, -0.1) is 0 Å². The van der Waals surface area contributed by atoms with Crippen LogP contribution in [0.4, 0.5) is 26.3 Å². The Labute approximate surface area is 171 Å². The van der Waals surface area contributed by atoms with Crippen molar-refractivity contribution in [1.29, 1.82) is 0 Å². The summed E-state index contributed by atoms with van der Waals surface area (Å²) in [4.78, 5) is 33.1. The molecule has 0 spiro atoms. The Hall–Kier alpha value is -3.14. The molecule has 0 heterocycles. The maximum Gasteiger partial charge on any atom is 0.417 e. The summed E-state index contributed by atoms with van der Waals surface area (Å²) in [5, 5.41) is -1.10. The minimum Gasteiger partial charge on any atom is -0.278 e. The number of nitrogens with zero attached hydrogens (tertiary/aromatic N) is 1. The third kappa shape index (κ3) is 6.45. The zero-order chi connectivity index (χ0) is 23.1. The summed E-state index contributed by atoms with van der Waals surface area (Å²) in [6, 6.07) is 8.61. The van der Waals surface area contributed by atoms with Gasteiger partial charge in [0.2, 0.25) is 6.41 Å². The quantitative estimate of drug-likeness (QED) is 0.349. The molecule has 0 fully saturated rings. The van der Waals surface area contributed by atoms with E-state index < -0.39 is 45.8 Å². The largest absolute Gasteiger partial charge is 0.417 e. The molecule has 0 aliphatic rings. The second kappa shape index (κ2) is 10.1. The van der Waals surface area contributed by atoms with E-state index in [2.05, 4.69) is 6.58 Å². The molecule has 0 aromatic heterocycles. The lowest BCUT2D eigenvalue weighted by atomic mass is 10.1. The number of benzene rings is 2. The first-order valence-electron chi connectivity index (χ1n) is 7.77. The summed E-state index contributed by atoms with van der Waals surface area (Å²) < 4.78 is 74.4. The second-order valence-electron chi connectivity index (χ2n) is 5.36. The van der Waals surface area contributed by atoms with Gasteiger partial charge in [0.05, 0.1) is 16.7 Å². The normalized spacial score (nSPS) is 11.0. The number of carbonyl (C=O) groups excluding carboxylic acids is 3. The lowest BCUT2D eigenvalue weighted by Crippen LogP contribution is -2.26. The van der Waals surface area contributed by atoms with Crippen molar-refractivity contribution < 1.29 is 40.7 Å². The summed E-state index contributed by atoms with van der Waals surface area (Å²) in [5.74, 6) is -1.07. The van der Waals surface area contributed by atoms with E-state index in [1.165, 1.54) is 24.3 Å². The highest BCUT2D eigenvalue weighted by molar-refractivity contribution is 6.67. The average Bonchev–Trinajstić information content (AvgIpc) is 2.68. The molecule has 0 bridgehead atoms. The Morgan fingerprint density at radius 3 is 1.57 bits per heavy atom. The van der Waals surface area contributed by atoms with Crippen LogP contribution in [-0.2, 0) is 17.1 Å². The van der Waals surface area contributed by atoms with Crippen LogP contribution in [0.3, 0.4) is 0 Å². The maximum atomic E-state index is 12.6. The van der Waals surface area contributed by atoms with E-state index in [9.17, 15) is 40.7 Å². The lowest BCUT2D eigenvalue weighted by molar-refractivity contribution is -0.138. The smallest absolute Gasteiger partial charge is 0.278 e. The zero-order valence-electron chi connectivity index (χ0n) is 14.8. The van der Waals surface area contributed by atoms with Crippen molar-refractivity contribution in [1.82, 2.24) is 4.90 Å². The topological polar surface area (TPSA) is 54.5 Å². The maximum absolute atomic E-state index is 12.6. The lowest BCUT2D eigenvalue weighted by Gasteiger charge is -2.15. The highest BCUT2D eigenvalue weighted by Crippen LogP contribution is 2.33. The first kappa shape index (κ1) is 24.9. The number of imide groups is 1. The van der Waals surface area contributed by atoms with E-state index in [4.69, 9.17) is 11.6 Å². The van der Waals surface area contributed by atoms with E-state index in [1.54, 1.807) is 0 Å². The molecular weight excluding hydrogens is 440 g/mol. The van der Waals surface area contributed by atoms with Crippen LogP contribution < -0.4 is 0 Å². The fourth-order valence-corrected chi connectivity index (χ4v) is 2.30. The van der Waals surface area contributed by atoms with E-state index in [-0.39, 0.29) is 6.41 Å². The number of amides is 2. The zero-order valence-corrected chi connectivity index (χ0v) is 15.6. The standard InChI is InChI=1S/C11H8F3NO2.C8H4ClF3O/c1-2-15(7-16)10(17)8-5-3-4-6-9(8)11(12,13)14;9-7(13)5-3-1-2-4-6(5)8(10,11)12/h2-7H,1H2;1-4H. The summed E-state index contributed by atoms with van der Waals surface area (Å²) in [7, 11) is 0. The number of hydrogen-bond acceptors (Lipinski definition) is 3. The molecule has 0 saturated carbocycles. The molecule has 2 aromatic carbocycles. The molecule has 11 heteroatoms. The summed E-state index contributed by atoms with van der Waals surface area (Å²) in [6.45, 7) is 3.16. The van der Waals surface area contributed by atoms with Crippen LogP contribution in [0.25, 0.3) is 0 Å². The van der Waals surface area contributed by atoms with Crippen LogP contribution in [0.15, 0.2) is 61.3 Å². The molecule has 4 nitrogen and oxygen atoms in total. The van der Waals surface area contributed by atoms with Crippen molar-refractivity contribution in [2.24, 2.45) is 0 Å². The number of carbonyl (C=O) groups is 3. The molecule has 30 heavy (non-hydrogen) atoms. The van der Waals surface area contributed by atoms with Crippen LogP contribution >= 0.6 is 11.6 Å². The van der Waals surface area contributed by atoms with Crippen LogP contribution in [0.1, 0.15) is 31.8 Å². The first-order chi connectivity index (χ1) is 13.8. The monoisotopic (exact) mass is 451 g/mol. The summed E-state index contributed by atoms with van der Waals surface area (Å²) in [5.41, 5.74) is -3.20. The second-order valence-corrected chi connectivity index (χ2v) is 5.70. The van der Waals surface area contributed by atoms with Crippen LogP contribution in [0, 0.1) is 0 Å². The molecule has 0 atom stereocenters. The van der Waals surface area contributed by atoms with E-state index in [1.807, 2.05) is 0 Å². The van der Waals surface area contributed by atoms with Gasteiger partial charge in [-0.2, -0.15) is 26.3 Å². The van der Waals surface area contributed by atoms with Gasteiger partial charge in [-0.3, -0.25) is 19.3 Å². The molecule has 0 radical (unpaired) electrons. The van der Waals surface area contributed by atoms with Crippen LogP contribution in [-0.4, -0.2) is 22.5 Å². The van der Waals surface area contributed by atoms with E-state index in [0.29, 0.717) is 4.90 Å². The van der Waals surface area contributed by atoms with Gasteiger partial charge in [0, 0.05) is 11.8 Å². The fraction of sp³-hybridized carbons (Fsp3) is 0.105. The van der Waals surface area contributed by atoms with Crippen molar-refractivity contribution in [3.05, 3.63) is 83.6 Å². The highest BCUT2D eigenvalue weighted by atomic mass is 35.5. The molecule has 0 N–H and O–H groups in total. The molecule has 0 saturated heterocycles. The van der Waals surface area contributed by atoms with Gasteiger partial charge in [0.1, 0.15) is 0 Å². The SMILES string of the molecule is C=CN(C=O)C(=O)c1ccccc1C(F)(F)F.O=C(Cl)c1ccccc1C(F)(F)F. The Kier molecular flexibility index (Phi) is 8.35. The molecule has 2 rings (SSSR count). The van der Waals surface area contributed by atoms with E-state index >= 15 is 0 Å². The molecule has 0 aliphatic heterocycles. The summed E-state index contributed by atoms with van der Waals surface area (Å²) in [6.07, 6.45) is -8.24. The third-order valence-corrected chi connectivity index (χ3v) is 3.66. The molecule has 2 aromatic rings. The van der Waals surface area contributed by atoms with Gasteiger partial charge in [0.25, 0.3) is 11.1 Å². The minimum atomic E-state index is -4.65. The van der Waals surface area contributed by atoms with Gasteiger partial charge in [-0.25, -0.2) is 0 Å². The van der Waals surface area contributed by atoms with Crippen molar-refractivity contribution >= 4 is 29.2 Å². The van der Waals surface area contributed by atoms with Crippen LogP contribution in [0.5, 0.6) is 0 Å². The van der Waals surface area contributed by atoms with Crippen molar-refractivity contribution in [2.75, 3.05) is 0 Å². The Balaban J connectivity index is 0.000000311. The predicted octanol–water partition coefficient (Wildman–Crippen LogP) is 5.53. The number of halogens is 7. The third-order valence-electron chi connectivity index (χ3n) is 3.45. The van der Waals surface area contributed by atoms with Crippen molar-refractivity contribution in [2.45, 2.75) is 12.4 Å². The van der Waals surface area contributed by atoms with Gasteiger partial charge in [-0.1, -0.05) is 30.8 Å². The Bertz CT molecular complexity index is 932. The molecule has 160 valence electrons. The molecule has 0 unspecified atom stereocenters. The van der Waals surface area contributed by atoms with Crippen molar-refractivity contribution in [3.8, 4) is 0 Å². The highest BCUT2D eigenvalue weighted by Gasteiger charge is 2.36.